The van der Waals surface area contributed by atoms with Gasteiger partial charge < -0.3 is 4.42 Å². The van der Waals surface area contributed by atoms with Crippen molar-refractivity contribution < 1.29 is 4.42 Å². The molecule has 0 spiro atoms. The third kappa shape index (κ3) is 5.22. The van der Waals surface area contributed by atoms with Crippen molar-refractivity contribution in [2.75, 3.05) is 0 Å². The Balaban J connectivity index is 1.13. The van der Waals surface area contributed by atoms with E-state index in [1.807, 2.05) is 83.3 Å². The van der Waals surface area contributed by atoms with Gasteiger partial charge in [-0.15, -0.1) is 22.7 Å². The van der Waals surface area contributed by atoms with Gasteiger partial charge in [-0.25, -0.2) is 15.0 Å². The molecule has 0 aliphatic carbocycles. The Morgan fingerprint density at radius 1 is 0.333 bits per heavy atom. The van der Waals surface area contributed by atoms with Crippen LogP contribution in [0.25, 0.3) is 119 Å². The van der Waals surface area contributed by atoms with Gasteiger partial charge in [0.05, 0.1) is 0 Å². The summed E-state index contributed by atoms with van der Waals surface area (Å²) in [6.07, 6.45) is 0. The lowest BCUT2D eigenvalue weighted by atomic mass is 9.94. The molecule has 0 aliphatic rings. The number of furan rings is 1. The van der Waals surface area contributed by atoms with Crippen molar-refractivity contribution in [2.24, 2.45) is 0 Å². The summed E-state index contributed by atoms with van der Waals surface area (Å²) in [4.78, 5) is 15.1. The fourth-order valence-electron chi connectivity index (χ4n) is 8.24. The van der Waals surface area contributed by atoms with Crippen molar-refractivity contribution >= 4 is 85.0 Å². The molecule has 4 nitrogen and oxygen atoms in total. The average Bonchev–Trinajstić information content (AvgIpc) is 3.98. The van der Waals surface area contributed by atoms with Gasteiger partial charge in [-0.2, -0.15) is 0 Å². The van der Waals surface area contributed by atoms with E-state index >= 15 is 0 Å². The number of benzene rings is 8. The first-order chi connectivity index (χ1) is 28.2. The molecule has 266 valence electrons. The molecular weight excluding hydrogens is 735 g/mol. The number of hydrogen-bond donors (Lipinski definition) is 0. The van der Waals surface area contributed by atoms with Crippen molar-refractivity contribution in [1.29, 1.82) is 0 Å². The van der Waals surface area contributed by atoms with Gasteiger partial charge in [0.15, 0.2) is 17.5 Å². The summed E-state index contributed by atoms with van der Waals surface area (Å²) < 4.78 is 12.0. The minimum absolute atomic E-state index is 0.612. The van der Waals surface area contributed by atoms with Crippen molar-refractivity contribution in [3.63, 3.8) is 0 Å². The highest BCUT2D eigenvalue weighted by Crippen LogP contribution is 2.47. The van der Waals surface area contributed by atoms with Crippen LogP contribution in [0.4, 0.5) is 0 Å². The second-order valence-electron chi connectivity index (χ2n) is 14.3. The van der Waals surface area contributed by atoms with Crippen LogP contribution in [-0.4, -0.2) is 15.0 Å². The number of aromatic nitrogens is 3. The minimum atomic E-state index is 0.612. The van der Waals surface area contributed by atoms with Crippen LogP contribution >= 0.6 is 22.7 Å². The molecule has 0 unspecified atom stereocenters. The van der Waals surface area contributed by atoms with Gasteiger partial charge in [0.25, 0.3) is 0 Å². The van der Waals surface area contributed by atoms with Gasteiger partial charge in [-0.3, -0.25) is 0 Å². The second-order valence-corrected chi connectivity index (χ2v) is 16.4. The van der Waals surface area contributed by atoms with E-state index in [9.17, 15) is 0 Å². The molecule has 0 saturated heterocycles. The first-order valence-electron chi connectivity index (χ1n) is 18.9. The van der Waals surface area contributed by atoms with Gasteiger partial charge in [0.1, 0.15) is 11.2 Å². The van der Waals surface area contributed by atoms with Gasteiger partial charge >= 0.3 is 0 Å². The van der Waals surface area contributed by atoms with Crippen LogP contribution in [0.1, 0.15) is 0 Å². The summed E-state index contributed by atoms with van der Waals surface area (Å²) >= 11 is 3.70. The fraction of sp³-hybridized carbons (Fsp3) is 0. The number of hydrogen-bond acceptors (Lipinski definition) is 6. The first kappa shape index (κ1) is 32.3. The molecule has 8 aromatic carbocycles. The zero-order valence-electron chi connectivity index (χ0n) is 30.3. The molecule has 0 amide bonds. The highest BCUT2D eigenvalue weighted by Gasteiger charge is 2.21. The largest absolute Gasteiger partial charge is 0.455 e. The molecule has 57 heavy (non-hydrogen) atoms. The monoisotopic (exact) mass is 763 g/mol. The smallest absolute Gasteiger partial charge is 0.164 e. The summed E-state index contributed by atoms with van der Waals surface area (Å²) in [5, 5.41) is 7.17. The molecule has 12 rings (SSSR count). The Morgan fingerprint density at radius 3 is 1.47 bits per heavy atom. The number of rotatable bonds is 5. The Bertz CT molecular complexity index is 3470. The van der Waals surface area contributed by atoms with E-state index in [4.69, 9.17) is 19.4 Å². The van der Waals surface area contributed by atoms with Crippen LogP contribution in [0, 0.1) is 0 Å². The van der Waals surface area contributed by atoms with Crippen molar-refractivity contribution in [3.8, 4) is 56.4 Å². The third-order valence-electron chi connectivity index (χ3n) is 10.9. The van der Waals surface area contributed by atoms with E-state index in [1.54, 1.807) is 0 Å². The fourth-order valence-corrected chi connectivity index (χ4v) is 10.7. The summed E-state index contributed by atoms with van der Waals surface area (Å²) in [6.45, 7) is 0. The second kappa shape index (κ2) is 12.8. The van der Waals surface area contributed by atoms with Crippen LogP contribution in [0.3, 0.4) is 0 Å². The predicted octanol–water partition coefficient (Wildman–Crippen LogP) is 14.8. The van der Waals surface area contributed by atoms with Crippen molar-refractivity contribution in [3.05, 3.63) is 176 Å². The highest BCUT2D eigenvalue weighted by molar-refractivity contribution is 7.26. The van der Waals surface area contributed by atoms with Crippen molar-refractivity contribution in [2.45, 2.75) is 0 Å². The standard InChI is InChI=1S/C51H29N3OS2/c1-3-13-30(14-4-1)49-52-50(31-15-5-2-6-16-31)54-51(53-49)32-25-26-43-40(27-32)42-29-33(34-19-11-20-37-35-17-7-9-23-44(35)56-47(34)37)28-41(46(42)55-43)39-22-12-21-38-36-18-8-10-24-45(36)57-48(38)39/h1-29H. The molecule has 0 radical (unpaired) electrons. The Labute approximate surface area is 335 Å². The predicted molar refractivity (Wildman–Crippen MR) is 240 cm³/mol. The molecule has 4 aromatic heterocycles. The Morgan fingerprint density at radius 2 is 0.842 bits per heavy atom. The lowest BCUT2D eigenvalue weighted by Gasteiger charge is -2.10. The summed E-state index contributed by atoms with van der Waals surface area (Å²) in [5.41, 5.74) is 9.06. The maximum Gasteiger partial charge on any atom is 0.164 e. The minimum Gasteiger partial charge on any atom is -0.455 e. The van der Waals surface area contributed by atoms with E-state index in [0.717, 1.165) is 49.8 Å². The first-order valence-corrected chi connectivity index (χ1v) is 20.6. The van der Waals surface area contributed by atoms with Crippen LogP contribution in [0.5, 0.6) is 0 Å². The molecule has 0 N–H and O–H groups in total. The number of nitrogens with zero attached hydrogens (tertiary/aromatic N) is 3. The average molecular weight is 764 g/mol. The van der Waals surface area contributed by atoms with Gasteiger partial charge in [0, 0.05) is 78.9 Å². The normalized spacial score (nSPS) is 11.9. The summed E-state index contributed by atoms with van der Waals surface area (Å²) in [6, 6.07) is 62.0. The van der Waals surface area contributed by atoms with Crippen LogP contribution in [0.2, 0.25) is 0 Å². The summed E-state index contributed by atoms with van der Waals surface area (Å²) in [5.74, 6) is 1.88. The van der Waals surface area contributed by atoms with Gasteiger partial charge in [-0.05, 0) is 53.6 Å². The molecule has 0 atom stereocenters. The summed E-state index contributed by atoms with van der Waals surface area (Å²) in [7, 11) is 0. The van der Waals surface area contributed by atoms with Gasteiger partial charge in [-0.1, -0.05) is 133 Å². The molecule has 0 saturated carbocycles. The third-order valence-corrected chi connectivity index (χ3v) is 13.4. The molecular formula is C51H29N3OS2. The SMILES string of the molecule is c1ccc(-c2nc(-c3ccccc3)nc(-c3ccc4oc5c(-c6cccc7c6sc6ccccc67)cc(-c6cccc7c6sc6ccccc67)cc5c4c3)n2)cc1. The molecule has 4 heterocycles. The lowest BCUT2D eigenvalue weighted by Crippen LogP contribution is -2.00. The van der Waals surface area contributed by atoms with E-state index in [-0.39, 0.29) is 0 Å². The van der Waals surface area contributed by atoms with Crippen LogP contribution in [-0.2, 0) is 0 Å². The quantitative estimate of drug-likeness (QED) is 0.175. The maximum atomic E-state index is 6.92. The molecule has 12 aromatic rings. The van der Waals surface area contributed by atoms with E-state index < -0.39 is 0 Å². The van der Waals surface area contributed by atoms with Crippen LogP contribution in [0.15, 0.2) is 180 Å². The highest BCUT2D eigenvalue weighted by atomic mass is 32.1. The molecule has 6 heteroatoms. The number of fused-ring (bicyclic) bond motifs is 9. The molecule has 0 fully saturated rings. The van der Waals surface area contributed by atoms with Crippen molar-refractivity contribution in [1.82, 2.24) is 15.0 Å². The molecule has 0 bridgehead atoms. The zero-order valence-corrected chi connectivity index (χ0v) is 31.9. The zero-order chi connectivity index (χ0) is 37.5. The Kier molecular flexibility index (Phi) is 7.24. The van der Waals surface area contributed by atoms with E-state index in [2.05, 4.69) is 115 Å². The Hall–Kier alpha value is -6.99. The van der Waals surface area contributed by atoms with E-state index in [1.165, 1.54) is 51.5 Å². The topological polar surface area (TPSA) is 51.8 Å². The van der Waals surface area contributed by atoms with Gasteiger partial charge in [0.2, 0.25) is 0 Å². The molecule has 0 aliphatic heterocycles. The van der Waals surface area contributed by atoms with E-state index in [0.29, 0.717) is 17.5 Å². The lowest BCUT2D eigenvalue weighted by molar-refractivity contribution is 0.670. The maximum absolute atomic E-state index is 6.92. The van der Waals surface area contributed by atoms with Crippen LogP contribution < -0.4 is 0 Å². The number of thiophene rings is 2.